The Kier molecular flexibility index (Phi) is 3.75. The van der Waals surface area contributed by atoms with Crippen LogP contribution < -0.4 is 0 Å². The molecule has 5 heteroatoms. The van der Waals surface area contributed by atoms with Crippen molar-refractivity contribution in [3.8, 4) is 5.69 Å². The fraction of sp³-hybridized carbons (Fsp3) is 0.143. The zero-order valence-corrected chi connectivity index (χ0v) is 10.4. The van der Waals surface area contributed by atoms with Crippen molar-refractivity contribution in [2.24, 2.45) is 0 Å². The molecule has 19 heavy (non-hydrogen) atoms. The lowest BCUT2D eigenvalue weighted by Crippen LogP contribution is -2.00. The van der Waals surface area contributed by atoms with E-state index in [2.05, 4.69) is 4.98 Å². The van der Waals surface area contributed by atoms with Crippen molar-refractivity contribution in [3.05, 3.63) is 53.9 Å². The van der Waals surface area contributed by atoms with Crippen LogP contribution in [0.2, 0.25) is 0 Å². The average Bonchev–Trinajstić information content (AvgIpc) is 2.84. The maximum atomic E-state index is 13.6. The van der Waals surface area contributed by atoms with Crippen LogP contribution in [-0.2, 0) is 11.2 Å². The lowest BCUT2D eigenvalue weighted by Gasteiger charge is -2.07. The monoisotopic (exact) mass is 260 g/mol. The average molecular weight is 260 g/mol. The molecule has 0 amide bonds. The molecular weight excluding hydrogens is 247 g/mol. The molecule has 4 nitrogen and oxygen atoms in total. The molecule has 0 atom stereocenters. The molecule has 0 saturated carbocycles. The standard InChI is InChI=1S/C14H13FN2O2/c1-2-13-16-5-6-17(13)12-8-10(3-4-14(18)19)7-11(15)9-12/h3-9H,2H2,1H3,(H,18,19)/b4-3+. The third kappa shape index (κ3) is 3.07. The van der Waals surface area contributed by atoms with E-state index in [0.29, 0.717) is 11.3 Å². The molecule has 98 valence electrons. The fourth-order valence-corrected chi connectivity index (χ4v) is 1.83. The van der Waals surface area contributed by atoms with Crippen LogP contribution in [0.1, 0.15) is 18.3 Å². The molecule has 0 aliphatic carbocycles. The summed E-state index contributed by atoms with van der Waals surface area (Å²) in [6.45, 7) is 1.96. The highest BCUT2D eigenvalue weighted by Gasteiger charge is 2.05. The fourth-order valence-electron chi connectivity index (χ4n) is 1.83. The topological polar surface area (TPSA) is 55.1 Å². The van der Waals surface area contributed by atoms with Gasteiger partial charge in [0.25, 0.3) is 0 Å². The molecule has 1 heterocycles. The molecule has 0 spiro atoms. The number of aromatic nitrogens is 2. The van der Waals surface area contributed by atoms with E-state index < -0.39 is 11.8 Å². The summed E-state index contributed by atoms with van der Waals surface area (Å²) in [5.74, 6) is -0.667. The van der Waals surface area contributed by atoms with Gasteiger partial charge in [0.1, 0.15) is 11.6 Å². The first-order valence-electron chi connectivity index (χ1n) is 5.84. The van der Waals surface area contributed by atoms with Gasteiger partial charge in [-0.15, -0.1) is 0 Å². The number of hydrogen-bond acceptors (Lipinski definition) is 2. The van der Waals surface area contributed by atoms with E-state index in [1.807, 2.05) is 6.92 Å². The van der Waals surface area contributed by atoms with Crippen LogP contribution in [0.25, 0.3) is 11.8 Å². The summed E-state index contributed by atoms with van der Waals surface area (Å²) in [5, 5.41) is 8.58. The summed E-state index contributed by atoms with van der Waals surface area (Å²) in [7, 11) is 0. The first kappa shape index (κ1) is 13.0. The Morgan fingerprint density at radius 2 is 2.26 bits per heavy atom. The minimum absolute atomic E-state index is 0.418. The third-order valence-electron chi connectivity index (χ3n) is 2.64. The number of aliphatic carboxylic acids is 1. The number of benzene rings is 1. The highest BCUT2D eigenvalue weighted by molar-refractivity contribution is 5.85. The van der Waals surface area contributed by atoms with Crippen LogP contribution in [-0.4, -0.2) is 20.6 Å². The molecule has 1 aromatic carbocycles. The third-order valence-corrected chi connectivity index (χ3v) is 2.64. The van der Waals surface area contributed by atoms with Gasteiger partial charge in [0.05, 0.1) is 5.69 Å². The van der Waals surface area contributed by atoms with Crippen molar-refractivity contribution < 1.29 is 14.3 Å². The van der Waals surface area contributed by atoms with Crippen molar-refractivity contribution in [1.82, 2.24) is 9.55 Å². The Labute approximate surface area is 109 Å². The summed E-state index contributed by atoms with van der Waals surface area (Å²) in [6, 6.07) is 4.38. The van der Waals surface area contributed by atoms with Gasteiger partial charge in [-0.05, 0) is 29.8 Å². The zero-order valence-electron chi connectivity index (χ0n) is 10.4. The van der Waals surface area contributed by atoms with Gasteiger partial charge in [-0.1, -0.05) is 6.92 Å². The Morgan fingerprint density at radius 3 is 2.95 bits per heavy atom. The van der Waals surface area contributed by atoms with Gasteiger partial charge in [-0.25, -0.2) is 14.2 Å². The second-order valence-corrected chi connectivity index (χ2v) is 3.98. The lowest BCUT2D eigenvalue weighted by atomic mass is 10.1. The highest BCUT2D eigenvalue weighted by atomic mass is 19.1. The Bertz CT molecular complexity index is 632. The van der Waals surface area contributed by atoms with E-state index in [0.717, 1.165) is 18.3 Å². The number of halogens is 1. The number of imidazole rings is 1. The minimum atomic E-state index is -1.07. The smallest absolute Gasteiger partial charge is 0.328 e. The molecule has 1 aromatic heterocycles. The maximum Gasteiger partial charge on any atom is 0.328 e. The van der Waals surface area contributed by atoms with E-state index in [4.69, 9.17) is 5.11 Å². The van der Waals surface area contributed by atoms with E-state index >= 15 is 0 Å². The Balaban J connectivity index is 2.44. The van der Waals surface area contributed by atoms with E-state index in [1.165, 1.54) is 18.2 Å². The number of nitrogens with zero attached hydrogens (tertiary/aromatic N) is 2. The molecule has 2 rings (SSSR count). The molecule has 1 N–H and O–H groups in total. The van der Waals surface area contributed by atoms with Gasteiger partial charge in [-0.3, -0.25) is 0 Å². The van der Waals surface area contributed by atoms with Crippen molar-refractivity contribution in [3.63, 3.8) is 0 Å². The molecule has 0 bridgehead atoms. The minimum Gasteiger partial charge on any atom is -0.478 e. The van der Waals surface area contributed by atoms with E-state index in [-0.39, 0.29) is 0 Å². The van der Waals surface area contributed by atoms with E-state index in [1.54, 1.807) is 23.0 Å². The summed E-state index contributed by atoms with van der Waals surface area (Å²) < 4.78 is 15.3. The summed E-state index contributed by atoms with van der Waals surface area (Å²) in [5.41, 5.74) is 1.12. The summed E-state index contributed by atoms with van der Waals surface area (Å²) >= 11 is 0. The Hall–Kier alpha value is -2.43. The van der Waals surface area contributed by atoms with Crippen molar-refractivity contribution in [2.45, 2.75) is 13.3 Å². The van der Waals surface area contributed by atoms with E-state index in [9.17, 15) is 9.18 Å². The van der Waals surface area contributed by atoms with Gasteiger partial charge in [0.15, 0.2) is 0 Å². The summed E-state index contributed by atoms with van der Waals surface area (Å²) in [6.07, 6.45) is 6.46. The largest absolute Gasteiger partial charge is 0.478 e. The number of carboxylic acid groups (broad SMARTS) is 1. The van der Waals surface area contributed by atoms with Gasteiger partial charge in [0.2, 0.25) is 0 Å². The van der Waals surface area contributed by atoms with Crippen molar-refractivity contribution in [1.29, 1.82) is 0 Å². The number of aryl methyl sites for hydroxylation is 1. The Morgan fingerprint density at radius 1 is 1.47 bits per heavy atom. The van der Waals surface area contributed by atoms with Gasteiger partial charge in [0, 0.05) is 24.9 Å². The molecule has 0 saturated heterocycles. The maximum absolute atomic E-state index is 13.6. The predicted molar refractivity (Wildman–Crippen MR) is 69.6 cm³/mol. The molecule has 0 fully saturated rings. The predicted octanol–water partition coefficient (Wildman–Crippen LogP) is 2.67. The number of carboxylic acids is 1. The number of hydrogen-bond donors (Lipinski definition) is 1. The molecule has 0 aliphatic rings. The van der Waals surface area contributed by atoms with Crippen LogP contribution in [0.5, 0.6) is 0 Å². The second kappa shape index (κ2) is 5.48. The number of rotatable bonds is 4. The van der Waals surface area contributed by atoms with Crippen LogP contribution >= 0.6 is 0 Å². The van der Waals surface area contributed by atoms with Crippen molar-refractivity contribution >= 4 is 12.0 Å². The lowest BCUT2D eigenvalue weighted by molar-refractivity contribution is -0.131. The number of carbonyl (C=O) groups is 1. The molecule has 0 radical (unpaired) electrons. The molecule has 0 unspecified atom stereocenters. The first-order chi connectivity index (χ1) is 9.10. The molecule has 2 aromatic rings. The van der Waals surface area contributed by atoms with Gasteiger partial charge >= 0.3 is 5.97 Å². The van der Waals surface area contributed by atoms with Gasteiger partial charge < -0.3 is 9.67 Å². The first-order valence-corrected chi connectivity index (χ1v) is 5.84. The van der Waals surface area contributed by atoms with Crippen LogP contribution in [0.3, 0.4) is 0 Å². The van der Waals surface area contributed by atoms with Crippen LogP contribution in [0, 0.1) is 5.82 Å². The van der Waals surface area contributed by atoms with Gasteiger partial charge in [-0.2, -0.15) is 0 Å². The molecular formula is C14H13FN2O2. The normalized spacial score (nSPS) is 11.1. The highest BCUT2D eigenvalue weighted by Crippen LogP contribution is 2.16. The van der Waals surface area contributed by atoms with Crippen molar-refractivity contribution in [2.75, 3.05) is 0 Å². The van der Waals surface area contributed by atoms with Crippen LogP contribution in [0.15, 0.2) is 36.7 Å². The molecule has 0 aliphatic heterocycles. The summed E-state index contributed by atoms with van der Waals surface area (Å²) in [4.78, 5) is 14.6. The second-order valence-electron chi connectivity index (χ2n) is 3.98. The zero-order chi connectivity index (χ0) is 13.8. The van der Waals surface area contributed by atoms with Crippen LogP contribution in [0.4, 0.5) is 4.39 Å². The quantitative estimate of drug-likeness (QED) is 0.860. The SMILES string of the molecule is CCc1nccn1-c1cc(F)cc(/C=C/C(=O)O)c1.